The zero-order valence-corrected chi connectivity index (χ0v) is 11.2. The third kappa shape index (κ3) is 3.50. The number of hydrogen-bond acceptors (Lipinski definition) is 2. The van der Waals surface area contributed by atoms with E-state index in [0.717, 1.165) is 31.2 Å². The average molecular weight is 302 g/mol. The molecule has 2 rings (SSSR count). The first-order valence-electron chi connectivity index (χ1n) is 5.97. The largest absolute Gasteiger partial charge is 0.373 e. The van der Waals surface area contributed by atoms with E-state index in [0.29, 0.717) is 17.1 Å². The number of ether oxygens (including phenoxy) is 1. The average Bonchev–Trinajstić information content (AvgIpc) is 2.33. The highest BCUT2D eigenvalue weighted by molar-refractivity contribution is 9.10. The first kappa shape index (κ1) is 13.0. The molecule has 1 aliphatic carbocycles. The van der Waals surface area contributed by atoms with Crippen LogP contribution in [0.5, 0.6) is 0 Å². The number of rotatable bonds is 3. The van der Waals surface area contributed by atoms with Crippen LogP contribution in [0.25, 0.3) is 0 Å². The summed E-state index contributed by atoms with van der Waals surface area (Å²) in [5.41, 5.74) is 6.70. The zero-order valence-electron chi connectivity index (χ0n) is 9.66. The Bertz CT molecular complexity index is 378. The van der Waals surface area contributed by atoms with Crippen molar-refractivity contribution in [2.45, 2.75) is 44.4 Å². The molecule has 0 unspecified atom stereocenters. The fourth-order valence-electron chi connectivity index (χ4n) is 2.12. The first-order valence-corrected chi connectivity index (χ1v) is 6.76. The summed E-state index contributed by atoms with van der Waals surface area (Å²) in [4.78, 5) is 0. The van der Waals surface area contributed by atoms with Gasteiger partial charge in [-0.05, 0) is 53.2 Å². The van der Waals surface area contributed by atoms with Crippen LogP contribution in [0.4, 0.5) is 4.39 Å². The van der Waals surface area contributed by atoms with E-state index in [-0.39, 0.29) is 11.9 Å². The second-order valence-electron chi connectivity index (χ2n) is 4.56. The summed E-state index contributed by atoms with van der Waals surface area (Å²) in [6.07, 6.45) is 4.33. The molecule has 1 aromatic carbocycles. The van der Waals surface area contributed by atoms with Crippen molar-refractivity contribution in [3.05, 3.63) is 34.1 Å². The molecule has 0 aliphatic heterocycles. The van der Waals surface area contributed by atoms with E-state index in [1.54, 1.807) is 6.07 Å². The Morgan fingerprint density at radius 2 is 2.00 bits per heavy atom. The highest BCUT2D eigenvalue weighted by atomic mass is 79.9. The Morgan fingerprint density at radius 3 is 2.71 bits per heavy atom. The number of benzene rings is 1. The highest BCUT2D eigenvalue weighted by Crippen LogP contribution is 2.24. The summed E-state index contributed by atoms with van der Waals surface area (Å²) in [6, 6.07) is 5.35. The lowest BCUT2D eigenvalue weighted by molar-refractivity contribution is 0.0134. The molecule has 0 heterocycles. The summed E-state index contributed by atoms with van der Waals surface area (Å²) < 4.78 is 19.6. The predicted octanol–water partition coefficient (Wildman–Crippen LogP) is 3.37. The second kappa shape index (κ2) is 5.94. The van der Waals surface area contributed by atoms with Crippen molar-refractivity contribution in [1.82, 2.24) is 0 Å². The summed E-state index contributed by atoms with van der Waals surface area (Å²) >= 11 is 3.24. The molecule has 94 valence electrons. The number of halogens is 2. The maximum atomic E-state index is 13.3. The molecule has 1 aliphatic rings. The van der Waals surface area contributed by atoms with Gasteiger partial charge in [0, 0.05) is 6.04 Å². The topological polar surface area (TPSA) is 35.2 Å². The number of nitrogens with two attached hydrogens (primary N) is 1. The Kier molecular flexibility index (Phi) is 4.54. The van der Waals surface area contributed by atoms with Crippen molar-refractivity contribution in [1.29, 1.82) is 0 Å². The van der Waals surface area contributed by atoms with Gasteiger partial charge in [-0.25, -0.2) is 4.39 Å². The molecule has 0 radical (unpaired) electrons. The van der Waals surface area contributed by atoms with Gasteiger partial charge in [0.25, 0.3) is 0 Å². The normalized spacial score (nSPS) is 24.9. The number of hydrogen-bond donors (Lipinski definition) is 1. The van der Waals surface area contributed by atoms with E-state index in [4.69, 9.17) is 10.5 Å². The standard InChI is InChI=1S/C13H17BrFNO/c14-13-9(2-1-3-12(13)15)8-17-11-6-4-10(16)5-7-11/h1-3,10-11H,4-8,16H2. The minimum absolute atomic E-state index is 0.239. The third-order valence-electron chi connectivity index (χ3n) is 3.22. The van der Waals surface area contributed by atoms with Crippen LogP contribution in [-0.2, 0) is 11.3 Å². The van der Waals surface area contributed by atoms with Crippen LogP contribution in [0, 0.1) is 5.82 Å². The summed E-state index contributed by atoms with van der Waals surface area (Å²) in [5, 5.41) is 0. The van der Waals surface area contributed by atoms with Crippen molar-refractivity contribution in [3.63, 3.8) is 0 Å². The molecule has 0 amide bonds. The fourth-order valence-corrected chi connectivity index (χ4v) is 2.50. The lowest BCUT2D eigenvalue weighted by Crippen LogP contribution is -2.30. The molecule has 2 N–H and O–H groups in total. The van der Waals surface area contributed by atoms with Crippen LogP contribution >= 0.6 is 15.9 Å². The maximum absolute atomic E-state index is 13.3. The van der Waals surface area contributed by atoms with Gasteiger partial charge in [0.15, 0.2) is 0 Å². The summed E-state index contributed by atoms with van der Waals surface area (Å²) in [6.45, 7) is 0.457. The Morgan fingerprint density at radius 1 is 1.29 bits per heavy atom. The molecule has 1 saturated carbocycles. The van der Waals surface area contributed by atoms with Crippen molar-refractivity contribution in [2.24, 2.45) is 5.73 Å². The molecule has 1 aromatic rings. The van der Waals surface area contributed by atoms with Crippen LogP contribution in [0.3, 0.4) is 0 Å². The summed E-state index contributed by atoms with van der Waals surface area (Å²) in [7, 11) is 0. The van der Waals surface area contributed by atoms with Gasteiger partial charge in [-0.15, -0.1) is 0 Å². The minimum Gasteiger partial charge on any atom is -0.373 e. The predicted molar refractivity (Wildman–Crippen MR) is 69.1 cm³/mol. The molecule has 0 saturated heterocycles. The smallest absolute Gasteiger partial charge is 0.137 e. The SMILES string of the molecule is NC1CCC(OCc2cccc(F)c2Br)CC1. The summed E-state index contributed by atoms with van der Waals surface area (Å²) in [5.74, 6) is -0.239. The molecule has 17 heavy (non-hydrogen) atoms. The van der Waals surface area contributed by atoms with Gasteiger partial charge >= 0.3 is 0 Å². The van der Waals surface area contributed by atoms with Crippen molar-refractivity contribution in [2.75, 3.05) is 0 Å². The lowest BCUT2D eigenvalue weighted by atomic mass is 9.94. The van der Waals surface area contributed by atoms with Gasteiger partial charge in [0.1, 0.15) is 5.82 Å². The van der Waals surface area contributed by atoms with Crippen LogP contribution in [0.2, 0.25) is 0 Å². The van der Waals surface area contributed by atoms with Crippen molar-refractivity contribution in [3.8, 4) is 0 Å². The van der Waals surface area contributed by atoms with Crippen LogP contribution in [0.15, 0.2) is 22.7 Å². The molecule has 4 heteroatoms. The molecule has 0 spiro atoms. The van der Waals surface area contributed by atoms with E-state index < -0.39 is 0 Å². The van der Waals surface area contributed by atoms with E-state index in [2.05, 4.69) is 15.9 Å². The monoisotopic (exact) mass is 301 g/mol. The quantitative estimate of drug-likeness (QED) is 0.929. The van der Waals surface area contributed by atoms with E-state index in [9.17, 15) is 4.39 Å². The van der Waals surface area contributed by atoms with Crippen LogP contribution < -0.4 is 5.73 Å². The first-order chi connectivity index (χ1) is 8.16. The van der Waals surface area contributed by atoms with Gasteiger partial charge in [0.05, 0.1) is 17.2 Å². The molecule has 2 nitrogen and oxygen atoms in total. The van der Waals surface area contributed by atoms with E-state index >= 15 is 0 Å². The molecular formula is C13H17BrFNO. The van der Waals surface area contributed by atoms with Crippen LogP contribution in [-0.4, -0.2) is 12.1 Å². The van der Waals surface area contributed by atoms with Gasteiger partial charge in [-0.3, -0.25) is 0 Å². The van der Waals surface area contributed by atoms with Gasteiger partial charge in [-0.2, -0.15) is 0 Å². The second-order valence-corrected chi connectivity index (χ2v) is 5.35. The molecule has 0 atom stereocenters. The van der Waals surface area contributed by atoms with Crippen molar-refractivity contribution < 1.29 is 9.13 Å². The highest BCUT2D eigenvalue weighted by Gasteiger charge is 2.19. The van der Waals surface area contributed by atoms with Gasteiger partial charge in [-0.1, -0.05) is 12.1 Å². The molecule has 1 fully saturated rings. The molecular weight excluding hydrogens is 285 g/mol. The van der Waals surface area contributed by atoms with Gasteiger partial charge in [0.2, 0.25) is 0 Å². The maximum Gasteiger partial charge on any atom is 0.137 e. The zero-order chi connectivity index (χ0) is 12.3. The van der Waals surface area contributed by atoms with Gasteiger partial charge < -0.3 is 10.5 Å². The molecule has 0 bridgehead atoms. The molecule has 0 aromatic heterocycles. The van der Waals surface area contributed by atoms with Crippen LogP contribution in [0.1, 0.15) is 31.2 Å². The Labute approximate surface area is 109 Å². The minimum atomic E-state index is -0.239. The lowest BCUT2D eigenvalue weighted by Gasteiger charge is -2.26. The third-order valence-corrected chi connectivity index (χ3v) is 4.11. The van der Waals surface area contributed by atoms with E-state index in [1.807, 2.05) is 6.07 Å². The fraction of sp³-hybridized carbons (Fsp3) is 0.538. The van der Waals surface area contributed by atoms with Crippen molar-refractivity contribution >= 4 is 15.9 Å². The Hall–Kier alpha value is -0.450. The Balaban J connectivity index is 1.87. The van der Waals surface area contributed by atoms with E-state index in [1.165, 1.54) is 6.07 Å².